The molecular formula is C33H24N2O. The molecule has 0 unspecified atom stereocenters. The second-order valence-electron chi connectivity index (χ2n) is 8.62. The van der Waals surface area contributed by atoms with Gasteiger partial charge in [0.05, 0.1) is 29.2 Å². The van der Waals surface area contributed by atoms with Gasteiger partial charge in [-0.15, -0.1) is 0 Å². The molecule has 0 N–H and O–H groups in total. The Labute approximate surface area is 209 Å². The molecule has 0 atom stereocenters. The minimum absolute atomic E-state index is 0.867. The molecule has 0 bridgehead atoms. The highest BCUT2D eigenvalue weighted by Gasteiger charge is 2.10. The summed E-state index contributed by atoms with van der Waals surface area (Å²) in [5.41, 5.74) is 6.57. The zero-order valence-electron chi connectivity index (χ0n) is 19.9. The normalized spacial score (nSPS) is 10.9. The van der Waals surface area contributed by atoms with Gasteiger partial charge in [0, 0.05) is 27.1 Å². The van der Waals surface area contributed by atoms with Crippen LogP contribution in [-0.2, 0) is 0 Å². The number of nitrogens with zero attached hydrogens (tertiary/aromatic N) is 2. The minimum atomic E-state index is 0.867. The number of aromatic nitrogens is 2. The molecule has 7 aromatic rings. The maximum atomic E-state index is 5.27. The minimum Gasteiger partial charge on any atom is -0.497 e. The first kappa shape index (κ1) is 21.8. The van der Waals surface area contributed by atoms with E-state index in [1.165, 1.54) is 32.7 Å². The molecule has 0 saturated heterocycles. The van der Waals surface area contributed by atoms with Crippen LogP contribution in [0.2, 0.25) is 0 Å². The summed E-state index contributed by atoms with van der Waals surface area (Å²) in [4.78, 5) is 9.35. The van der Waals surface area contributed by atoms with Gasteiger partial charge in [-0.2, -0.15) is 0 Å². The lowest BCUT2D eigenvalue weighted by atomic mass is 9.96. The molecule has 2 aromatic heterocycles. The molecule has 5 aromatic carbocycles. The van der Waals surface area contributed by atoms with Crippen molar-refractivity contribution in [2.45, 2.75) is 0 Å². The lowest BCUT2D eigenvalue weighted by Gasteiger charge is -2.11. The predicted molar refractivity (Wildman–Crippen MR) is 150 cm³/mol. The quantitative estimate of drug-likeness (QED) is 0.241. The maximum Gasteiger partial charge on any atom is 0.118 e. The number of methoxy groups -OCH3 is 1. The Bertz CT molecular complexity index is 1670. The summed E-state index contributed by atoms with van der Waals surface area (Å²) in [6, 6.07) is 43.4. The average Bonchev–Trinajstić information content (AvgIpc) is 2.95. The SMILES string of the molecule is COc1ccc(-c2c3ccccc3nc3ccccc23)cc1.c1ccc2nc3ccccc3cc2c1. The number of rotatable bonds is 2. The maximum absolute atomic E-state index is 5.27. The third-order valence-corrected chi connectivity index (χ3v) is 6.39. The van der Waals surface area contributed by atoms with Crippen molar-refractivity contribution in [3.63, 3.8) is 0 Å². The molecule has 36 heavy (non-hydrogen) atoms. The van der Waals surface area contributed by atoms with Gasteiger partial charge in [0.2, 0.25) is 0 Å². The molecule has 172 valence electrons. The molecule has 3 nitrogen and oxygen atoms in total. The first-order valence-electron chi connectivity index (χ1n) is 12.0. The van der Waals surface area contributed by atoms with Crippen molar-refractivity contribution >= 4 is 43.6 Å². The van der Waals surface area contributed by atoms with Crippen LogP contribution in [0.4, 0.5) is 0 Å². The second kappa shape index (κ2) is 9.47. The van der Waals surface area contributed by atoms with Crippen LogP contribution in [0, 0.1) is 0 Å². The van der Waals surface area contributed by atoms with Gasteiger partial charge in [0.1, 0.15) is 5.75 Å². The number of hydrogen-bond donors (Lipinski definition) is 0. The van der Waals surface area contributed by atoms with E-state index in [2.05, 4.69) is 71.7 Å². The summed E-state index contributed by atoms with van der Waals surface area (Å²) in [5, 5.41) is 4.75. The van der Waals surface area contributed by atoms with Gasteiger partial charge < -0.3 is 4.74 Å². The van der Waals surface area contributed by atoms with Crippen LogP contribution in [-0.4, -0.2) is 17.1 Å². The van der Waals surface area contributed by atoms with Gasteiger partial charge in [-0.3, -0.25) is 0 Å². The lowest BCUT2D eigenvalue weighted by Crippen LogP contribution is -1.89. The van der Waals surface area contributed by atoms with Gasteiger partial charge in [0.25, 0.3) is 0 Å². The fourth-order valence-corrected chi connectivity index (χ4v) is 4.63. The zero-order chi connectivity index (χ0) is 24.3. The number of ether oxygens (including phenoxy) is 1. The molecule has 3 heteroatoms. The van der Waals surface area contributed by atoms with Crippen LogP contribution >= 0.6 is 0 Å². The molecule has 0 fully saturated rings. The molecule has 0 aliphatic heterocycles. The number of pyridine rings is 2. The smallest absolute Gasteiger partial charge is 0.118 e. The van der Waals surface area contributed by atoms with E-state index < -0.39 is 0 Å². The van der Waals surface area contributed by atoms with Crippen LogP contribution in [0.5, 0.6) is 5.75 Å². The van der Waals surface area contributed by atoms with Crippen molar-refractivity contribution in [1.82, 2.24) is 9.97 Å². The van der Waals surface area contributed by atoms with E-state index in [9.17, 15) is 0 Å². The van der Waals surface area contributed by atoms with E-state index in [1.807, 2.05) is 60.7 Å². The number of fused-ring (bicyclic) bond motifs is 4. The van der Waals surface area contributed by atoms with E-state index in [0.29, 0.717) is 0 Å². The average molecular weight is 465 g/mol. The molecule has 0 amide bonds. The van der Waals surface area contributed by atoms with E-state index in [-0.39, 0.29) is 0 Å². The number of benzene rings is 5. The first-order chi connectivity index (χ1) is 17.8. The number of hydrogen-bond acceptors (Lipinski definition) is 3. The highest BCUT2D eigenvalue weighted by Crippen LogP contribution is 2.35. The van der Waals surface area contributed by atoms with E-state index >= 15 is 0 Å². The highest BCUT2D eigenvalue weighted by molar-refractivity contribution is 6.09. The third kappa shape index (κ3) is 4.12. The topological polar surface area (TPSA) is 35.0 Å². The predicted octanol–water partition coefficient (Wildman–Crippen LogP) is 8.45. The molecule has 7 rings (SSSR count). The van der Waals surface area contributed by atoms with E-state index in [4.69, 9.17) is 9.72 Å². The van der Waals surface area contributed by atoms with Crippen molar-refractivity contribution in [1.29, 1.82) is 0 Å². The van der Waals surface area contributed by atoms with Gasteiger partial charge in [-0.25, -0.2) is 9.97 Å². The molecule has 0 aliphatic rings. The standard InChI is InChI=1S/C20H15NO.C13H9N/c1-22-15-12-10-14(11-13-15)20-16-6-2-4-8-18(16)21-19-9-5-3-7-17(19)20;1-3-7-12-10(5-1)9-11-6-2-4-8-13(11)14-12/h2-13H,1H3;1-9H. The molecule has 0 saturated carbocycles. The summed E-state index contributed by atoms with van der Waals surface area (Å²) in [5.74, 6) is 0.867. The van der Waals surface area contributed by atoms with Gasteiger partial charge >= 0.3 is 0 Å². The van der Waals surface area contributed by atoms with Crippen molar-refractivity contribution in [2.24, 2.45) is 0 Å². The van der Waals surface area contributed by atoms with Crippen LogP contribution in [0.3, 0.4) is 0 Å². The lowest BCUT2D eigenvalue weighted by molar-refractivity contribution is 0.415. The Morgan fingerprint density at radius 2 is 0.917 bits per heavy atom. The highest BCUT2D eigenvalue weighted by atomic mass is 16.5. The summed E-state index contributed by atoms with van der Waals surface area (Å²) in [6.45, 7) is 0. The first-order valence-corrected chi connectivity index (χ1v) is 12.0. The van der Waals surface area contributed by atoms with Crippen LogP contribution in [0.15, 0.2) is 127 Å². The Hall–Kier alpha value is -4.76. The van der Waals surface area contributed by atoms with Crippen molar-refractivity contribution in [2.75, 3.05) is 7.11 Å². The van der Waals surface area contributed by atoms with Crippen LogP contribution in [0.1, 0.15) is 0 Å². The van der Waals surface area contributed by atoms with Gasteiger partial charge in [-0.1, -0.05) is 84.9 Å². The third-order valence-electron chi connectivity index (χ3n) is 6.39. The molecule has 0 aliphatic carbocycles. The molecule has 0 radical (unpaired) electrons. The Morgan fingerprint density at radius 3 is 1.44 bits per heavy atom. The van der Waals surface area contributed by atoms with Crippen molar-refractivity contribution in [3.8, 4) is 16.9 Å². The number of para-hydroxylation sites is 4. The summed E-state index contributed by atoms with van der Waals surface area (Å²) < 4.78 is 5.27. The molecular weight excluding hydrogens is 440 g/mol. The van der Waals surface area contributed by atoms with Gasteiger partial charge in [0.15, 0.2) is 0 Å². The van der Waals surface area contributed by atoms with Crippen molar-refractivity contribution in [3.05, 3.63) is 127 Å². The van der Waals surface area contributed by atoms with Crippen LogP contribution in [0.25, 0.3) is 54.7 Å². The summed E-state index contributed by atoms with van der Waals surface area (Å²) in [7, 11) is 1.69. The fraction of sp³-hybridized carbons (Fsp3) is 0.0303. The molecule has 2 heterocycles. The summed E-state index contributed by atoms with van der Waals surface area (Å²) >= 11 is 0. The largest absolute Gasteiger partial charge is 0.497 e. The monoisotopic (exact) mass is 464 g/mol. The van der Waals surface area contributed by atoms with E-state index in [1.54, 1.807) is 7.11 Å². The second-order valence-corrected chi connectivity index (χ2v) is 8.62. The zero-order valence-corrected chi connectivity index (χ0v) is 19.9. The Morgan fingerprint density at radius 1 is 0.472 bits per heavy atom. The fourth-order valence-electron chi connectivity index (χ4n) is 4.63. The Kier molecular flexibility index (Phi) is 5.72. The molecule has 0 spiro atoms. The van der Waals surface area contributed by atoms with E-state index in [0.717, 1.165) is 27.8 Å². The Balaban J connectivity index is 0.000000147. The van der Waals surface area contributed by atoms with Gasteiger partial charge in [-0.05, 0) is 48.0 Å². The van der Waals surface area contributed by atoms with Crippen molar-refractivity contribution < 1.29 is 4.74 Å². The van der Waals surface area contributed by atoms with Crippen LogP contribution < -0.4 is 4.74 Å². The summed E-state index contributed by atoms with van der Waals surface area (Å²) in [6.07, 6.45) is 0.